The Morgan fingerprint density at radius 1 is 1.73 bits per heavy atom. The van der Waals surface area contributed by atoms with Gasteiger partial charge in [0.2, 0.25) is 0 Å². The maximum absolute atomic E-state index is 5.63. The smallest absolute Gasteiger partial charge is 0.0942 e. The van der Waals surface area contributed by atoms with Crippen molar-refractivity contribution < 1.29 is 4.74 Å². The summed E-state index contributed by atoms with van der Waals surface area (Å²) < 4.78 is 5.24. The molecule has 1 aliphatic rings. The molecule has 3 heteroatoms. The fraction of sp³-hybridized carbons (Fsp3) is 0.875. The van der Waals surface area contributed by atoms with Gasteiger partial charge in [-0.25, -0.2) is 0 Å². The number of amidine groups is 1. The quantitative estimate of drug-likeness (QED) is 0.477. The molecule has 0 aromatic carbocycles. The molecular formula is C8H16N2O. The maximum Gasteiger partial charge on any atom is 0.0942 e. The Kier molecular flexibility index (Phi) is 2.49. The van der Waals surface area contributed by atoms with E-state index in [9.17, 15) is 0 Å². The Bertz CT molecular complexity index is 159. The van der Waals surface area contributed by atoms with Gasteiger partial charge in [0.1, 0.15) is 0 Å². The minimum atomic E-state index is -0.0416. The van der Waals surface area contributed by atoms with Gasteiger partial charge >= 0.3 is 0 Å². The van der Waals surface area contributed by atoms with Crippen LogP contribution in [0.25, 0.3) is 0 Å². The zero-order chi connectivity index (χ0) is 8.32. The lowest BCUT2D eigenvalue weighted by Crippen LogP contribution is -2.26. The molecule has 1 fully saturated rings. The average molecular weight is 156 g/mol. The third-order valence-electron chi connectivity index (χ3n) is 1.97. The molecule has 1 unspecified atom stereocenters. The Morgan fingerprint density at radius 2 is 2.45 bits per heavy atom. The monoisotopic (exact) mass is 156 g/mol. The van der Waals surface area contributed by atoms with Crippen LogP contribution in [0.15, 0.2) is 4.99 Å². The second kappa shape index (κ2) is 3.22. The van der Waals surface area contributed by atoms with Crippen LogP contribution in [0, 0.1) is 0 Å². The predicted octanol–water partition coefficient (Wildman–Crippen LogP) is 0.933. The van der Waals surface area contributed by atoms with E-state index in [2.05, 4.69) is 11.9 Å². The second-order valence-corrected chi connectivity index (χ2v) is 3.26. The van der Waals surface area contributed by atoms with E-state index >= 15 is 0 Å². The van der Waals surface area contributed by atoms with Gasteiger partial charge in [-0.1, -0.05) is 6.92 Å². The van der Waals surface area contributed by atoms with Gasteiger partial charge in [-0.3, -0.25) is 4.99 Å². The number of ether oxygens (including phenoxy) is 1. The molecule has 0 amide bonds. The van der Waals surface area contributed by atoms with Crippen LogP contribution >= 0.6 is 0 Å². The summed E-state index contributed by atoms with van der Waals surface area (Å²) in [5.74, 6) is 0.734. The summed E-state index contributed by atoms with van der Waals surface area (Å²) in [7, 11) is 0. The minimum Gasteiger partial charge on any atom is -0.387 e. The standard InChI is InChI=1S/C8H16N2O/c1-3-7(9)10-8(2)4-5-11-6-8/h3-6H2,1-2H3,(H2,9,10). The molecule has 1 aliphatic heterocycles. The molecular weight excluding hydrogens is 140 g/mol. The first-order valence-corrected chi connectivity index (χ1v) is 4.08. The van der Waals surface area contributed by atoms with Crippen LogP contribution in [-0.2, 0) is 4.74 Å². The molecule has 1 saturated heterocycles. The van der Waals surface area contributed by atoms with Gasteiger partial charge < -0.3 is 10.5 Å². The van der Waals surface area contributed by atoms with E-state index in [4.69, 9.17) is 10.5 Å². The van der Waals surface area contributed by atoms with Gasteiger partial charge in [-0.05, 0) is 13.3 Å². The molecule has 1 rings (SSSR count). The van der Waals surface area contributed by atoms with Crippen molar-refractivity contribution in [1.82, 2.24) is 0 Å². The lowest BCUT2D eigenvalue weighted by atomic mass is 10.0. The van der Waals surface area contributed by atoms with Crippen molar-refractivity contribution in [2.45, 2.75) is 32.2 Å². The molecule has 0 saturated carbocycles. The van der Waals surface area contributed by atoms with E-state index < -0.39 is 0 Å². The second-order valence-electron chi connectivity index (χ2n) is 3.26. The summed E-state index contributed by atoms with van der Waals surface area (Å²) in [6.45, 7) is 5.63. The molecule has 0 aromatic heterocycles. The topological polar surface area (TPSA) is 47.6 Å². The highest BCUT2D eigenvalue weighted by Crippen LogP contribution is 2.22. The highest BCUT2D eigenvalue weighted by Gasteiger charge is 2.28. The third-order valence-corrected chi connectivity index (χ3v) is 1.97. The summed E-state index contributed by atoms with van der Waals surface area (Å²) in [5, 5.41) is 0. The van der Waals surface area contributed by atoms with Crippen LogP contribution in [0.2, 0.25) is 0 Å². The molecule has 1 heterocycles. The van der Waals surface area contributed by atoms with Gasteiger partial charge in [0.15, 0.2) is 0 Å². The first kappa shape index (κ1) is 8.53. The van der Waals surface area contributed by atoms with Crippen LogP contribution in [0.5, 0.6) is 0 Å². The van der Waals surface area contributed by atoms with Crippen LogP contribution < -0.4 is 5.73 Å². The van der Waals surface area contributed by atoms with Crippen LogP contribution in [0.3, 0.4) is 0 Å². The normalized spacial score (nSPS) is 32.7. The van der Waals surface area contributed by atoms with E-state index in [-0.39, 0.29) is 5.54 Å². The molecule has 11 heavy (non-hydrogen) atoms. The molecule has 0 radical (unpaired) electrons. The van der Waals surface area contributed by atoms with Crippen molar-refractivity contribution in [2.24, 2.45) is 10.7 Å². The van der Waals surface area contributed by atoms with Crippen molar-refractivity contribution in [3.05, 3.63) is 0 Å². The van der Waals surface area contributed by atoms with Crippen molar-refractivity contribution in [3.63, 3.8) is 0 Å². The summed E-state index contributed by atoms with van der Waals surface area (Å²) in [4.78, 5) is 4.40. The van der Waals surface area contributed by atoms with Crippen molar-refractivity contribution in [3.8, 4) is 0 Å². The molecule has 2 N–H and O–H groups in total. The Labute approximate surface area is 67.6 Å². The van der Waals surface area contributed by atoms with E-state index in [0.29, 0.717) is 6.61 Å². The molecule has 3 nitrogen and oxygen atoms in total. The van der Waals surface area contributed by atoms with Crippen LogP contribution in [0.1, 0.15) is 26.7 Å². The fourth-order valence-electron chi connectivity index (χ4n) is 1.17. The van der Waals surface area contributed by atoms with Crippen LogP contribution in [0.4, 0.5) is 0 Å². The van der Waals surface area contributed by atoms with Crippen LogP contribution in [-0.4, -0.2) is 24.6 Å². The Morgan fingerprint density at radius 3 is 2.91 bits per heavy atom. The number of hydrogen-bond donors (Lipinski definition) is 1. The molecule has 0 spiro atoms. The largest absolute Gasteiger partial charge is 0.387 e. The number of hydrogen-bond acceptors (Lipinski definition) is 2. The summed E-state index contributed by atoms with van der Waals surface area (Å²) in [6, 6.07) is 0. The highest BCUT2D eigenvalue weighted by atomic mass is 16.5. The SMILES string of the molecule is CCC(N)=NC1(C)CCOC1. The number of aliphatic imine (C=N–C) groups is 1. The van der Waals surface area contributed by atoms with Crippen molar-refractivity contribution in [2.75, 3.05) is 13.2 Å². The first-order chi connectivity index (χ1) is 5.16. The van der Waals surface area contributed by atoms with Gasteiger partial charge in [0, 0.05) is 13.0 Å². The average Bonchev–Trinajstić information content (AvgIpc) is 2.36. The third kappa shape index (κ3) is 2.19. The zero-order valence-corrected chi connectivity index (χ0v) is 7.26. The fourth-order valence-corrected chi connectivity index (χ4v) is 1.17. The van der Waals surface area contributed by atoms with E-state index in [1.807, 2.05) is 6.92 Å². The molecule has 1 atom stereocenters. The Hall–Kier alpha value is -0.570. The van der Waals surface area contributed by atoms with E-state index in [1.54, 1.807) is 0 Å². The predicted molar refractivity (Wildman–Crippen MR) is 45.8 cm³/mol. The molecule has 64 valence electrons. The van der Waals surface area contributed by atoms with Crippen molar-refractivity contribution in [1.29, 1.82) is 0 Å². The lowest BCUT2D eigenvalue weighted by molar-refractivity contribution is 0.182. The molecule has 0 bridgehead atoms. The van der Waals surface area contributed by atoms with E-state index in [1.165, 1.54) is 0 Å². The van der Waals surface area contributed by atoms with Gasteiger partial charge in [0.25, 0.3) is 0 Å². The van der Waals surface area contributed by atoms with Gasteiger partial charge in [0.05, 0.1) is 18.0 Å². The summed E-state index contributed by atoms with van der Waals surface area (Å²) in [5.41, 5.74) is 5.59. The zero-order valence-electron chi connectivity index (χ0n) is 7.26. The number of nitrogens with zero attached hydrogens (tertiary/aromatic N) is 1. The Balaban J connectivity index is 2.58. The molecule has 0 aliphatic carbocycles. The summed E-state index contributed by atoms with van der Waals surface area (Å²) >= 11 is 0. The minimum absolute atomic E-state index is 0.0416. The number of rotatable bonds is 2. The molecule has 0 aromatic rings. The summed E-state index contributed by atoms with van der Waals surface area (Å²) in [6.07, 6.45) is 1.82. The van der Waals surface area contributed by atoms with E-state index in [0.717, 1.165) is 25.3 Å². The van der Waals surface area contributed by atoms with Gasteiger partial charge in [-0.15, -0.1) is 0 Å². The highest BCUT2D eigenvalue weighted by molar-refractivity contribution is 5.80. The number of nitrogens with two attached hydrogens (primary N) is 1. The first-order valence-electron chi connectivity index (χ1n) is 4.08. The maximum atomic E-state index is 5.63. The van der Waals surface area contributed by atoms with Gasteiger partial charge in [-0.2, -0.15) is 0 Å². The lowest BCUT2D eigenvalue weighted by Gasteiger charge is -2.16. The van der Waals surface area contributed by atoms with Crippen molar-refractivity contribution >= 4 is 5.84 Å².